The number of nitrogens with one attached hydrogen (secondary N) is 2. The summed E-state index contributed by atoms with van der Waals surface area (Å²) >= 11 is 0. The van der Waals surface area contributed by atoms with Crippen LogP contribution in [0.1, 0.15) is 30.9 Å². The highest BCUT2D eigenvalue weighted by molar-refractivity contribution is 6.12. The van der Waals surface area contributed by atoms with Gasteiger partial charge in [0.25, 0.3) is 5.91 Å². The van der Waals surface area contributed by atoms with Crippen molar-refractivity contribution in [3.8, 4) is 0 Å². The summed E-state index contributed by atoms with van der Waals surface area (Å²) < 4.78 is 0. The zero-order valence-electron chi connectivity index (χ0n) is 17.1. The fraction of sp³-hybridized carbons (Fsp3) is 0.304. The number of carbonyl (C=O) groups is 4. The summed E-state index contributed by atoms with van der Waals surface area (Å²) in [5.74, 6) is -1.00. The van der Waals surface area contributed by atoms with Gasteiger partial charge in [-0.05, 0) is 43.0 Å². The number of urea groups is 1. The fourth-order valence-corrected chi connectivity index (χ4v) is 4.91. The van der Waals surface area contributed by atoms with Gasteiger partial charge in [0.1, 0.15) is 12.1 Å². The van der Waals surface area contributed by atoms with Crippen LogP contribution in [0.4, 0.5) is 16.2 Å². The molecule has 1 aliphatic carbocycles. The smallest absolute Gasteiger partial charge is 0.324 e. The molecule has 2 aliphatic heterocycles. The third kappa shape index (κ3) is 2.90. The number of rotatable bonds is 2. The van der Waals surface area contributed by atoms with Crippen molar-refractivity contribution in [1.82, 2.24) is 10.2 Å². The molecule has 0 bridgehead atoms. The lowest BCUT2D eigenvalue weighted by Gasteiger charge is -2.29. The zero-order valence-corrected chi connectivity index (χ0v) is 17.1. The predicted octanol–water partition coefficient (Wildman–Crippen LogP) is 2.14. The van der Waals surface area contributed by atoms with E-state index in [0.717, 1.165) is 16.0 Å². The first-order valence-electron chi connectivity index (χ1n) is 10.3. The second kappa shape index (κ2) is 6.94. The van der Waals surface area contributed by atoms with Gasteiger partial charge in [0.2, 0.25) is 11.8 Å². The SMILES string of the molecule is C[C@@H]1CC(=O)Nc2ccccc2N1C(=O)CN1C(=O)N[C@]2(CCc3ccccc32)C1=O. The molecule has 0 radical (unpaired) electrons. The lowest BCUT2D eigenvalue weighted by Crippen LogP contribution is -2.47. The third-order valence-corrected chi connectivity index (χ3v) is 6.34. The molecule has 0 saturated carbocycles. The van der Waals surface area contributed by atoms with Crippen LogP contribution in [0.3, 0.4) is 0 Å². The molecule has 2 atom stereocenters. The standard InChI is InChI=1S/C23H22N4O4/c1-14-12-19(28)24-17-8-4-5-9-18(17)27(14)20(29)13-26-21(30)23(25-22(26)31)11-10-15-6-2-3-7-16(15)23/h2-9,14H,10-13H2,1H3,(H,24,28)(H,25,31)/t14-,23+/m1/s1. The predicted molar refractivity (Wildman–Crippen MR) is 113 cm³/mol. The second-order valence-electron chi connectivity index (χ2n) is 8.27. The molecular weight excluding hydrogens is 396 g/mol. The Balaban J connectivity index is 1.44. The number of hydrogen-bond acceptors (Lipinski definition) is 4. The molecule has 8 nitrogen and oxygen atoms in total. The van der Waals surface area contributed by atoms with Crippen LogP contribution in [0.2, 0.25) is 0 Å². The normalized spacial score (nSPS) is 24.5. The number of anilines is 2. The maximum atomic E-state index is 13.4. The summed E-state index contributed by atoms with van der Waals surface area (Å²) in [6.07, 6.45) is 1.29. The van der Waals surface area contributed by atoms with Gasteiger partial charge in [-0.1, -0.05) is 36.4 Å². The van der Waals surface area contributed by atoms with Gasteiger partial charge >= 0.3 is 6.03 Å². The van der Waals surface area contributed by atoms with Crippen LogP contribution in [0.5, 0.6) is 0 Å². The van der Waals surface area contributed by atoms with Crippen molar-refractivity contribution in [2.75, 3.05) is 16.8 Å². The average molecular weight is 418 g/mol. The van der Waals surface area contributed by atoms with Crippen LogP contribution in [-0.2, 0) is 26.3 Å². The molecule has 31 heavy (non-hydrogen) atoms. The van der Waals surface area contributed by atoms with Gasteiger partial charge in [-0.15, -0.1) is 0 Å². The highest BCUT2D eigenvalue weighted by Crippen LogP contribution is 2.41. The van der Waals surface area contributed by atoms with Crippen LogP contribution in [0.15, 0.2) is 48.5 Å². The first-order chi connectivity index (χ1) is 14.9. The molecule has 2 aromatic carbocycles. The number of aryl methyl sites for hydroxylation is 1. The molecule has 2 heterocycles. The van der Waals surface area contributed by atoms with Crippen molar-refractivity contribution >= 4 is 35.1 Å². The number of amides is 5. The van der Waals surface area contributed by atoms with E-state index < -0.39 is 29.4 Å². The summed E-state index contributed by atoms with van der Waals surface area (Å²) in [6, 6.07) is 13.6. The highest BCUT2D eigenvalue weighted by Gasteiger charge is 2.55. The van der Waals surface area contributed by atoms with Gasteiger partial charge in [0, 0.05) is 12.5 Å². The summed E-state index contributed by atoms with van der Waals surface area (Å²) in [6.45, 7) is 1.39. The molecule has 0 aromatic heterocycles. The van der Waals surface area contributed by atoms with Gasteiger partial charge in [0.05, 0.1) is 11.4 Å². The van der Waals surface area contributed by atoms with Crippen LogP contribution in [0, 0.1) is 0 Å². The van der Waals surface area contributed by atoms with Gasteiger partial charge in [-0.25, -0.2) is 4.79 Å². The number of hydrogen-bond donors (Lipinski definition) is 2. The minimum absolute atomic E-state index is 0.123. The molecule has 2 N–H and O–H groups in total. The minimum Gasteiger partial charge on any atom is -0.324 e. The maximum absolute atomic E-state index is 13.4. The zero-order chi connectivity index (χ0) is 21.8. The molecule has 3 aliphatic rings. The van der Waals surface area contributed by atoms with Gasteiger partial charge in [0.15, 0.2) is 0 Å². The van der Waals surface area contributed by atoms with Crippen LogP contribution in [-0.4, -0.2) is 41.2 Å². The summed E-state index contributed by atoms with van der Waals surface area (Å²) in [5, 5.41) is 5.65. The van der Waals surface area contributed by atoms with Crippen molar-refractivity contribution in [3.05, 3.63) is 59.7 Å². The molecule has 0 unspecified atom stereocenters. The molecule has 1 fully saturated rings. The Hall–Kier alpha value is -3.68. The number of nitrogens with zero attached hydrogens (tertiary/aromatic N) is 2. The van der Waals surface area contributed by atoms with E-state index in [0.29, 0.717) is 24.2 Å². The van der Waals surface area contributed by atoms with Gasteiger partial charge in [-0.2, -0.15) is 0 Å². The average Bonchev–Trinajstić information content (AvgIpc) is 3.17. The Morgan fingerprint density at radius 1 is 1.10 bits per heavy atom. The molecule has 8 heteroatoms. The summed E-state index contributed by atoms with van der Waals surface area (Å²) in [7, 11) is 0. The molecule has 2 aromatic rings. The largest absolute Gasteiger partial charge is 0.325 e. The number of benzene rings is 2. The highest BCUT2D eigenvalue weighted by atomic mass is 16.2. The van der Waals surface area contributed by atoms with Crippen LogP contribution >= 0.6 is 0 Å². The number of para-hydroxylation sites is 2. The number of imide groups is 1. The second-order valence-corrected chi connectivity index (χ2v) is 8.27. The molecular formula is C23H22N4O4. The van der Waals surface area contributed by atoms with Crippen molar-refractivity contribution in [2.45, 2.75) is 37.8 Å². The molecule has 1 spiro atoms. The Kier molecular flexibility index (Phi) is 4.32. The lowest BCUT2D eigenvalue weighted by molar-refractivity contribution is -0.134. The minimum atomic E-state index is -1.10. The van der Waals surface area contributed by atoms with Crippen LogP contribution in [0.25, 0.3) is 0 Å². The molecule has 5 amide bonds. The van der Waals surface area contributed by atoms with E-state index >= 15 is 0 Å². The van der Waals surface area contributed by atoms with Gasteiger partial charge < -0.3 is 15.5 Å². The Morgan fingerprint density at radius 3 is 2.68 bits per heavy atom. The molecule has 5 rings (SSSR count). The van der Waals surface area contributed by atoms with Gasteiger partial charge in [-0.3, -0.25) is 19.3 Å². The number of carbonyl (C=O) groups excluding carboxylic acids is 4. The number of fused-ring (bicyclic) bond motifs is 3. The maximum Gasteiger partial charge on any atom is 0.325 e. The fourth-order valence-electron chi connectivity index (χ4n) is 4.91. The van der Waals surface area contributed by atoms with E-state index in [1.165, 1.54) is 4.90 Å². The van der Waals surface area contributed by atoms with E-state index in [4.69, 9.17) is 0 Å². The Bertz CT molecular complexity index is 1130. The topological polar surface area (TPSA) is 98.8 Å². The quantitative estimate of drug-likeness (QED) is 0.730. The lowest BCUT2D eigenvalue weighted by atomic mass is 9.92. The third-order valence-electron chi connectivity index (χ3n) is 6.34. The van der Waals surface area contributed by atoms with Crippen molar-refractivity contribution in [3.63, 3.8) is 0 Å². The Morgan fingerprint density at radius 2 is 1.84 bits per heavy atom. The Labute approximate surface area is 179 Å². The first kappa shape index (κ1) is 19.3. The monoisotopic (exact) mass is 418 g/mol. The van der Waals surface area contributed by atoms with E-state index in [1.807, 2.05) is 24.3 Å². The van der Waals surface area contributed by atoms with E-state index in [9.17, 15) is 19.2 Å². The first-order valence-corrected chi connectivity index (χ1v) is 10.3. The van der Waals surface area contributed by atoms with E-state index in [1.54, 1.807) is 31.2 Å². The van der Waals surface area contributed by atoms with E-state index in [-0.39, 0.29) is 18.9 Å². The summed E-state index contributed by atoms with van der Waals surface area (Å²) in [5.41, 5.74) is 1.81. The molecule has 1 saturated heterocycles. The van der Waals surface area contributed by atoms with Crippen molar-refractivity contribution in [1.29, 1.82) is 0 Å². The molecule has 158 valence electrons. The summed E-state index contributed by atoms with van der Waals surface area (Å²) in [4.78, 5) is 54.2. The van der Waals surface area contributed by atoms with E-state index in [2.05, 4.69) is 10.6 Å². The van der Waals surface area contributed by atoms with Crippen molar-refractivity contribution < 1.29 is 19.2 Å². The van der Waals surface area contributed by atoms with Crippen molar-refractivity contribution in [2.24, 2.45) is 0 Å². The van der Waals surface area contributed by atoms with Crippen LogP contribution < -0.4 is 15.5 Å².